The van der Waals surface area contributed by atoms with Crippen LogP contribution in [0, 0.1) is 10.1 Å². The number of nitro benzene ring substituents is 1. The molecule has 0 bridgehead atoms. The first-order chi connectivity index (χ1) is 7.18. The van der Waals surface area contributed by atoms with Crippen LogP contribution in [0.25, 0.3) is 0 Å². The molecule has 1 aliphatic heterocycles. The zero-order chi connectivity index (χ0) is 10.8. The minimum Gasteiger partial charge on any atom is -0.299 e. The quantitative estimate of drug-likeness (QED) is 0.551. The molecule has 1 fully saturated rings. The van der Waals surface area contributed by atoms with Gasteiger partial charge in [-0.3, -0.25) is 15.0 Å². The Balaban J connectivity index is 2.19. The van der Waals surface area contributed by atoms with Crippen LogP contribution in [-0.4, -0.2) is 23.4 Å². The molecule has 0 spiro atoms. The molecule has 15 heavy (non-hydrogen) atoms. The van der Waals surface area contributed by atoms with Crippen molar-refractivity contribution in [2.24, 2.45) is 0 Å². The van der Waals surface area contributed by atoms with Gasteiger partial charge in [0.25, 0.3) is 5.69 Å². The van der Waals surface area contributed by atoms with Gasteiger partial charge < -0.3 is 0 Å². The number of nitrogens with zero attached hydrogens (tertiary/aromatic N) is 2. The van der Waals surface area contributed by atoms with Crippen molar-refractivity contribution < 1.29 is 4.92 Å². The molecule has 0 aliphatic carbocycles. The molecule has 4 nitrogen and oxygen atoms in total. The predicted octanol–water partition coefficient (Wildman–Crippen LogP) is 2.36. The lowest BCUT2D eigenvalue weighted by Gasteiger charge is -2.19. The summed E-state index contributed by atoms with van der Waals surface area (Å²) in [4.78, 5) is 12.4. The fourth-order valence-corrected chi connectivity index (χ4v) is 2.15. The Kier molecular flexibility index (Phi) is 2.68. The number of hydrogen-bond acceptors (Lipinski definition) is 3. The second kappa shape index (κ2) is 3.98. The largest absolute Gasteiger partial charge is 0.299 e. The van der Waals surface area contributed by atoms with Crippen molar-refractivity contribution in [3.05, 3.63) is 39.9 Å². The molecule has 1 aliphatic rings. The van der Waals surface area contributed by atoms with E-state index in [-0.39, 0.29) is 10.6 Å². The summed E-state index contributed by atoms with van der Waals surface area (Å²) in [7, 11) is 2.10. The second-order valence-electron chi connectivity index (χ2n) is 3.99. The van der Waals surface area contributed by atoms with E-state index in [0.717, 1.165) is 13.0 Å². The maximum Gasteiger partial charge on any atom is 0.269 e. The summed E-state index contributed by atoms with van der Waals surface area (Å²) >= 11 is 0. The first kappa shape index (κ1) is 10.1. The molecule has 2 rings (SSSR count). The van der Waals surface area contributed by atoms with Gasteiger partial charge in [0.1, 0.15) is 0 Å². The van der Waals surface area contributed by atoms with Crippen LogP contribution in [-0.2, 0) is 0 Å². The van der Waals surface area contributed by atoms with Crippen molar-refractivity contribution in [2.45, 2.75) is 18.9 Å². The van der Waals surface area contributed by atoms with Crippen molar-refractivity contribution in [2.75, 3.05) is 13.6 Å². The Labute approximate surface area is 88.7 Å². The average molecular weight is 206 g/mol. The van der Waals surface area contributed by atoms with Gasteiger partial charge in [0.15, 0.2) is 0 Å². The smallest absolute Gasteiger partial charge is 0.269 e. The standard InChI is InChI=1S/C11H14N2O2/c1-12-8-2-3-11(12)9-4-6-10(7-5-9)13(14)15/h4-7,11H,2-3,8H2,1H3/t11-/m0/s1. The number of non-ortho nitro benzene ring substituents is 1. The highest BCUT2D eigenvalue weighted by Gasteiger charge is 2.22. The third-order valence-electron chi connectivity index (χ3n) is 3.01. The molecule has 0 radical (unpaired) electrons. The van der Waals surface area contributed by atoms with Crippen molar-refractivity contribution >= 4 is 5.69 Å². The minimum absolute atomic E-state index is 0.166. The van der Waals surface area contributed by atoms with Crippen LogP contribution in [0.5, 0.6) is 0 Å². The predicted molar refractivity (Wildman–Crippen MR) is 57.7 cm³/mol. The van der Waals surface area contributed by atoms with Crippen molar-refractivity contribution in [3.63, 3.8) is 0 Å². The van der Waals surface area contributed by atoms with Gasteiger partial charge in [-0.25, -0.2) is 0 Å². The van der Waals surface area contributed by atoms with Gasteiger partial charge in [0.05, 0.1) is 4.92 Å². The van der Waals surface area contributed by atoms with Crippen LogP contribution in [0.15, 0.2) is 24.3 Å². The number of benzene rings is 1. The van der Waals surface area contributed by atoms with E-state index < -0.39 is 0 Å². The van der Waals surface area contributed by atoms with Gasteiger partial charge in [-0.15, -0.1) is 0 Å². The highest BCUT2D eigenvalue weighted by molar-refractivity contribution is 5.34. The highest BCUT2D eigenvalue weighted by atomic mass is 16.6. The zero-order valence-corrected chi connectivity index (χ0v) is 8.72. The molecule has 1 atom stereocenters. The molecule has 4 heteroatoms. The SMILES string of the molecule is CN1CCC[C@H]1c1ccc([N+](=O)[O-])cc1. The molecule has 1 aromatic rings. The van der Waals surface area contributed by atoms with E-state index >= 15 is 0 Å². The van der Waals surface area contributed by atoms with E-state index in [1.54, 1.807) is 12.1 Å². The highest BCUT2D eigenvalue weighted by Crippen LogP contribution is 2.30. The summed E-state index contributed by atoms with van der Waals surface area (Å²) in [5.74, 6) is 0. The molecule has 0 N–H and O–H groups in total. The first-order valence-electron chi connectivity index (χ1n) is 5.13. The summed E-state index contributed by atoms with van der Waals surface area (Å²) in [6.45, 7) is 1.11. The fourth-order valence-electron chi connectivity index (χ4n) is 2.15. The van der Waals surface area contributed by atoms with E-state index in [9.17, 15) is 10.1 Å². The van der Waals surface area contributed by atoms with E-state index in [0.29, 0.717) is 6.04 Å². The van der Waals surface area contributed by atoms with Crippen molar-refractivity contribution in [1.29, 1.82) is 0 Å². The van der Waals surface area contributed by atoms with Gasteiger partial charge in [-0.2, -0.15) is 0 Å². The number of hydrogen-bond donors (Lipinski definition) is 0. The van der Waals surface area contributed by atoms with Crippen molar-refractivity contribution in [3.8, 4) is 0 Å². The van der Waals surface area contributed by atoms with Crippen LogP contribution in [0.1, 0.15) is 24.4 Å². The zero-order valence-electron chi connectivity index (χ0n) is 8.72. The number of likely N-dealkylation sites (tertiary alicyclic amines) is 1. The molecule has 1 saturated heterocycles. The molecular formula is C11H14N2O2. The van der Waals surface area contributed by atoms with Gasteiger partial charge in [-0.05, 0) is 32.0 Å². The molecule has 1 aromatic carbocycles. The number of nitro groups is 1. The van der Waals surface area contributed by atoms with E-state index in [1.807, 2.05) is 12.1 Å². The fraction of sp³-hybridized carbons (Fsp3) is 0.455. The van der Waals surface area contributed by atoms with Gasteiger partial charge >= 0.3 is 0 Å². The summed E-state index contributed by atoms with van der Waals surface area (Å²) in [6.07, 6.45) is 2.35. The second-order valence-corrected chi connectivity index (χ2v) is 3.99. The first-order valence-corrected chi connectivity index (χ1v) is 5.13. The lowest BCUT2D eigenvalue weighted by molar-refractivity contribution is -0.384. The Bertz CT molecular complexity index is 361. The Hall–Kier alpha value is -1.42. The lowest BCUT2D eigenvalue weighted by atomic mass is 10.0. The Morgan fingerprint density at radius 1 is 1.40 bits per heavy atom. The monoisotopic (exact) mass is 206 g/mol. The molecule has 0 unspecified atom stereocenters. The lowest BCUT2D eigenvalue weighted by Crippen LogP contribution is -2.17. The average Bonchev–Trinajstić information content (AvgIpc) is 2.65. The summed E-state index contributed by atoms with van der Waals surface area (Å²) in [5.41, 5.74) is 1.35. The Morgan fingerprint density at radius 2 is 2.07 bits per heavy atom. The van der Waals surface area contributed by atoms with Crippen LogP contribution in [0.2, 0.25) is 0 Å². The normalized spacial score (nSPS) is 21.8. The third-order valence-corrected chi connectivity index (χ3v) is 3.01. The van der Waals surface area contributed by atoms with Gasteiger partial charge in [0, 0.05) is 18.2 Å². The number of rotatable bonds is 2. The third kappa shape index (κ3) is 1.99. The van der Waals surface area contributed by atoms with Crippen LogP contribution >= 0.6 is 0 Å². The topological polar surface area (TPSA) is 46.4 Å². The van der Waals surface area contributed by atoms with Crippen LogP contribution < -0.4 is 0 Å². The maximum absolute atomic E-state index is 10.5. The van der Waals surface area contributed by atoms with E-state index in [2.05, 4.69) is 11.9 Å². The molecule has 1 heterocycles. The Morgan fingerprint density at radius 3 is 2.53 bits per heavy atom. The van der Waals surface area contributed by atoms with Crippen LogP contribution in [0.3, 0.4) is 0 Å². The molecule has 0 saturated carbocycles. The molecule has 0 aromatic heterocycles. The van der Waals surface area contributed by atoms with Gasteiger partial charge in [0.2, 0.25) is 0 Å². The van der Waals surface area contributed by atoms with Gasteiger partial charge in [-0.1, -0.05) is 12.1 Å². The molecular weight excluding hydrogens is 192 g/mol. The molecule has 0 amide bonds. The van der Waals surface area contributed by atoms with E-state index in [4.69, 9.17) is 0 Å². The summed E-state index contributed by atoms with van der Waals surface area (Å²) < 4.78 is 0. The molecule has 80 valence electrons. The van der Waals surface area contributed by atoms with E-state index in [1.165, 1.54) is 12.0 Å². The maximum atomic E-state index is 10.5. The summed E-state index contributed by atoms with van der Waals surface area (Å²) in [5, 5.41) is 10.5. The minimum atomic E-state index is -0.359. The van der Waals surface area contributed by atoms with Crippen LogP contribution in [0.4, 0.5) is 5.69 Å². The van der Waals surface area contributed by atoms with Crippen molar-refractivity contribution in [1.82, 2.24) is 4.90 Å². The summed E-state index contributed by atoms with van der Waals surface area (Å²) in [6, 6.07) is 7.34.